The maximum Gasteiger partial charge on any atom is 0.429 e. The second kappa shape index (κ2) is 3.02. The van der Waals surface area contributed by atoms with E-state index in [0.29, 0.717) is 6.54 Å². The van der Waals surface area contributed by atoms with Gasteiger partial charge >= 0.3 is 6.18 Å². The van der Waals surface area contributed by atoms with Gasteiger partial charge in [-0.25, -0.2) is 0 Å². The third kappa shape index (κ3) is 2.32. The van der Waals surface area contributed by atoms with E-state index in [-0.39, 0.29) is 13.0 Å². The minimum Gasteiger partial charge on any atom is -0.295 e. The Bertz CT molecular complexity index is 192. The first-order chi connectivity index (χ1) is 5.11. The molecule has 11 heavy (non-hydrogen) atoms. The van der Waals surface area contributed by atoms with Crippen molar-refractivity contribution < 1.29 is 13.2 Å². The van der Waals surface area contributed by atoms with Gasteiger partial charge in [-0.05, 0) is 0 Å². The minimum absolute atomic E-state index is 0.144. The average molecular weight is 164 g/mol. The minimum atomic E-state index is -4.28. The monoisotopic (exact) mass is 164 g/mol. The highest BCUT2D eigenvalue weighted by atomic mass is 19.4. The molecule has 0 radical (unpaired) electrons. The number of alkyl halides is 3. The largest absolute Gasteiger partial charge is 0.429 e. The fourth-order valence-corrected chi connectivity index (χ4v) is 0.755. The Morgan fingerprint density at radius 3 is 2.64 bits per heavy atom. The molecular weight excluding hydrogens is 157 g/mol. The second-order valence-electron chi connectivity index (χ2n) is 2.12. The van der Waals surface area contributed by atoms with E-state index in [1.807, 2.05) is 0 Å². The van der Waals surface area contributed by atoms with Gasteiger partial charge in [0.1, 0.15) is 5.71 Å². The highest BCUT2D eigenvalue weighted by molar-refractivity contribution is 5.99. The summed E-state index contributed by atoms with van der Waals surface area (Å²) in [5.41, 5.74) is -0.723. The van der Waals surface area contributed by atoms with Crippen molar-refractivity contribution in [3.05, 3.63) is 0 Å². The van der Waals surface area contributed by atoms with Gasteiger partial charge in [0, 0.05) is 12.6 Å². The smallest absolute Gasteiger partial charge is 0.295 e. The van der Waals surface area contributed by atoms with Crippen molar-refractivity contribution in [3.63, 3.8) is 0 Å². The molecule has 1 heterocycles. The Kier molecular flexibility index (Phi) is 2.26. The molecule has 1 rings (SSSR count). The van der Waals surface area contributed by atoms with E-state index in [1.54, 1.807) is 0 Å². The van der Waals surface area contributed by atoms with E-state index in [2.05, 4.69) is 9.98 Å². The van der Waals surface area contributed by atoms with E-state index in [0.717, 1.165) is 0 Å². The van der Waals surface area contributed by atoms with Gasteiger partial charge in [0.15, 0.2) is 0 Å². The molecule has 0 bridgehead atoms. The first-order valence-electron chi connectivity index (χ1n) is 3.19. The van der Waals surface area contributed by atoms with E-state index >= 15 is 0 Å². The molecule has 0 aromatic heterocycles. The molecule has 0 atom stereocenters. The van der Waals surface area contributed by atoms with Crippen molar-refractivity contribution in [3.8, 4) is 0 Å². The molecule has 62 valence electrons. The summed E-state index contributed by atoms with van der Waals surface area (Å²) in [6.07, 6.45) is -3.21. The number of nitrogens with zero attached hydrogens (tertiary/aromatic N) is 2. The molecule has 1 aliphatic heterocycles. The first kappa shape index (κ1) is 8.23. The Balaban J connectivity index is 2.70. The molecule has 0 saturated carbocycles. The Labute approximate surface area is 61.8 Å². The van der Waals surface area contributed by atoms with Gasteiger partial charge in [0.2, 0.25) is 0 Å². The van der Waals surface area contributed by atoms with Crippen LogP contribution in [-0.2, 0) is 0 Å². The van der Waals surface area contributed by atoms with E-state index < -0.39 is 11.9 Å². The van der Waals surface area contributed by atoms with Crippen molar-refractivity contribution in [2.45, 2.75) is 12.6 Å². The van der Waals surface area contributed by atoms with Gasteiger partial charge in [-0.1, -0.05) is 0 Å². The predicted octanol–water partition coefficient (Wildman–Crippen LogP) is 1.46. The first-order valence-corrected chi connectivity index (χ1v) is 3.19. The van der Waals surface area contributed by atoms with Crippen LogP contribution in [0.1, 0.15) is 6.42 Å². The highest BCUT2D eigenvalue weighted by Gasteiger charge is 2.34. The topological polar surface area (TPSA) is 24.7 Å². The molecule has 0 unspecified atom stereocenters. The number of halogens is 3. The summed E-state index contributed by atoms with van der Waals surface area (Å²) < 4.78 is 35.8. The van der Waals surface area contributed by atoms with Crippen LogP contribution in [0.4, 0.5) is 13.2 Å². The van der Waals surface area contributed by atoms with Crippen molar-refractivity contribution in [2.24, 2.45) is 9.98 Å². The fourth-order valence-electron chi connectivity index (χ4n) is 0.755. The van der Waals surface area contributed by atoms with Crippen LogP contribution >= 0.6 is 0 Å². The van der Waals surface area contributed by atoms with Crippen molar-refractivity contribution in [1.82, 2.24) is 0 Å². The van der Waals surface area contributed by atoms with Crippen LogP contribution in [0.15, 0.2) is 9.98 Å². The summed E-state index contributed by atoms with van der Waals surface area (Å²) in [5.74, 6) is 0. The second-order valence-corrected chi connectivity index (χ2v) is 2.12. The molecule has 0 fully saturated rings. The summed E-state index contributed by atoms with van der Waals surface area (Å²) in [5, 5.41) is 0. The van der Waals surface area contributed by atoms with E-state index in [4.69, 9.17) is 0 Å². The van der Waals surface area contributed by atoms with Crippen LogP contribution in [0.3, 0.4) is 0 Å². The maximum atomic E-state index is 11.9. The molecule has 0 aliphatic carbocycles. The zero-order chi connectivity index (χ0) is 8.32. The number of hydrogen-bond acceptors (Lipinski definition) is 2. The molecule has 0 N–H and O–H groups in total. The summed E-state index contributed by atoms with van der Waals surface area (Å²) in [4.78, 5) is 7.06. The lowest BCUT2D eigenvalue weighted by Crippen LogP contribution is -2.23. The standard InChI is InChI=1S/C6H7F3N2/c7-6(8,9)5-1-2-10-3-4-11-5/h2H,1,3-4H2. The molecule has 2 nitrogen and oxygen atoms in total. The molecule has 0 spiro atoms. The fraction of sp³-hybridized carbons (Fsp3) is 0.667. The zero-order valence-corrected chi connectivity index (χ0v) is 5.73. The summed E-state index contributed by atoms with van der Waals surface area (Å²) in [7, 11) is 0. The molecule has 5 heteroatoms. The van der Waals surface area contributed by atoms with Crippen molar-refractivity contribution in [2.75, 3.05) is 13.1 Å². The quantitative estimate of drug-likeness (QED) is 0.518. The van der Waals surface area contributed by atoms with E-state index in [9.17, 15) is 13.2 Å². The van der Waals surface area contributed by atoms with Gasteiger partial charge in [-0.2, -0.15) is 13.2 Å². The van der Waals surface area contributed by atoms with E-state index in [1.165, 1.54) is 6.21 Å². The van der Waals surface area contributed by atoms with Crippen molar-refractivity contribution >= 4 is 11.9 Å². The molecular formula is C6H7F3N2. The molecule has 0 amide bonds. The Morgan fingerprint density at radius 1 is 1.27 bits per heavy atom. The Morgan fingerprint density at radius 2 is 2.00 bits per heavy atom. The zero-order valence-electron chi connectivity index (χ0n) is 5.73. The molecule has 0 aromatic rings. The molecule has 1 aliphatic rings. The Hall–Kier alpha value is -0.870. The maximum absolute atomic E-state index is 11.9. The highest BCUT2D eigenvalue weighted by Crippen LogP contribution is 2.19. The van der Waals surface area contributed by atoms with Gasteiger partial charge in [-0.3, -0.25) is 9.98 Å². The van der Waals surface area contributed by atoms with Crippen LogP contribution in [0.25, 0.3) is 0 Å². The van der Waals surface area contributed by atoms with Crippen LogP contribution < -0.4 is 0 Å². The lowest BCUT2D eigenvalue weighted by Gasteiger charge is -2.05. The lowest BCUT2D eigenvalue weighted by atomic mass is 10.3. The summed E-state index contributed by atoms with van der Waals surface area (Å²) in [6, 6.07) is 0. The third-order valence-electron chi connectivity index (χ3n) is 1.27. The van der Waals surface area contributed by atoms with Crippen LogP contribution in [0.5, 0.6) is 0 Å². The van der Waals surface area contributed by atoms with Crippen LogP contribution in [0.2, 0.25) is 0 Å². The van der Waals surface area contributed by atoms with Gasteiger partial charge in [0.25, 0.3) is 0 Å². The predicted molar refractivity (Wildman–Crippen MR) is 36.3 cm³/mol. The SMILES string of the molecule is FC(F)(F)C1=NCCN=CC1. The van der Waals surface area contributed by atoms with Crippen LogP contribution in [-0.4, -0.2) is 31.2 Å². The van der Waals surface area contributed by atoms with Gasteiger partial charge in [0.05, 0.1) is 13.1 Å². The van der Waals surface area contributed by atoms with Crippen LogP contribution in [0, 0.1) is 0 Å². The third-order valence-corrected chi connectivity index (χ3v) is 1.27. The van der Waals surface area contributed by atoms with Gasteiger partial charge < -0.3 is 0 Å². The number of hydrogen-bond donors (Lipinski definition) is 0. The summed E-state index contributed by atoms with van der Waals surface area (Å²) >= 11 is 0. The molecule has 0 aromatic carbocycles. The molecule has 0 saturated heterocycles. The number of rotatable bonds is 0. The average Bonchev–Trinajstić information content (AvgIpc) is 2.10. The normalized spacial score (nSPS) is 19.4. The van der Waals surface area contributed by atoms with Gasteiger partial charge in [-0.15, -0.1) is 0 Å². The van der Waals surface area contributed by atoms with Crippen molar-refractivity contribution in [1.29, 1.82) is 0 Å². The summed E-state index contributed by atoms with van der Waals surface area (Å²) in [6.45, 7) is 0.505. The number of aliphatic imine (C=N–C) groups is 2. The lowest BCUT2D eigenvalue weighted by molar-refractivity contribution is -0.0598.